The maximum absolute atomic E-state index is 12.7. The van der Waals surface area contributed by atoms with Crippen LogP contribution in [0.3, 0.4) is 0 Å². The molecule has 1 atom stereocenters. The van der Waals surface area contributed by atoms with Gasteiger partial charge in [-0.3, -0.25) is 4.79 Å². The molecule has 0 radical (unpaired) electrons. The molecule has 0 saturated carbocycles. The van der Waals surface area contributed by atoms with Crippen molar-refractivity contribution in [2.45, 2.75) is 19.0 Å². The van der Waals surface area contributed by atoms with Crippen molar-refractivity contribution in [1.29, 1.82) is 0 Å². The molecule has 1 N–H and O–H groups in total. The van der Waals surface area contributed by atoms with Crippen molar-refractivity contribution in [3.8, 4) is 5.75 Å². The standard InChI is InChI=1S/C18H22N4O4S/c1-22(14-8-10-27(24,25)12-14)17(23)15-7-9-19-18(21-15)20-11-13-5-3-4-6-16(13)26-2/h3-7,9,14H,8,10-12H2,1-2H3,(H,19,20,21). The average molecular weight is 390 g/mol. The number of nitrogens with zero attached hydrogens (tertiary/aromatic N) is 3. The molecule has 9 heteroatoms. The van der Waals surface area contributed by atoms with Crippen LogP contribution in [0.1, 0.15) is 22.5 Å². The van der Waals surface area contributed by atoms with Gasteiger partial charge < -0.3 is 15.0 Å². The lowest BCUT2D eigenvalue weighted by molar-refractivity contribution is 0.0741. The van der Waals surface area contributed by atoms with E-state index in [-0.39, 0.29) is 29.1 Å². The van der Waals surface area contributed by atoms with Crippen LogP contribution in [0.25, 0.3) is 0 Å². The molecule has 1 aromatic carbocycles. The molecule has 1 aliphatic rings. The molecule has 144 valence electrons. The quantitative estimate of drug-likeness (QED) is 0.794. The Morgan fingerprint density at radius 1 is 1.33 bits per heavy atom. The second-order valence-electron chi connectivity index (χ2n) is 6.40. The zero-order valence-corrected chi connectivity index (χ0v) is 16.1. The molecule has 0 spiro atoms. The number of rotatable bonds is 6. The first-order valence-electron chi connectivity index (χ1n) is 8.56. The highest BCUT2D eigenvalue weighted by molar-refractivity contribution is 7.91. The maximum atomic E-state index is 12.7. The van der Waals surface area contributed by atoms with Crippen molar-refractivity contribution in [2.75, 3.05) is 31.0 Å². The van der Waals surface area contributed by atoms with Gasteiger partial charge in [0, 0.05) is 31.4 Å². The lowest BCUT2D eigenvalue weighted by atomic mass is 10.2. The summed E-state index contributed by atoms with van der Waals surface area (Å²) in [4.78, 5) is 22.5. The predicted molar refractivity (Wildman–Crippen MR) is 102 cm³/mol. The zero-order chi connectivity index (χ0) is 19.4. The number of nitrogens with one attached hydrogen (secondary N) is 1. The third-order valence-electron chi connectivity index (χ3n) is 4.58. The van der Waals surface area contributed by atoms with E-state index >= 15 is 0 Å². The van der Waals surface area contributed by atoms with E-state index in [0.717, 1.165) is 11.3 Å². The highest BCUT2D eigenvalue weighted by Gasteiger charge is 2.33. The Bertz CT molecular complexity index is 932. The predicted octanol–water partition coefficient (Wildman–Crippen LogP) is 1.36. The van der Waals surface area contributed by atoms with E-state index in [2.05, 4.69) is 15.3 Å². The number of carbonyl (C=O) groups excluding carboxylic acids is 1. The summed E-state index contributed by atoms with van der Waals surface area (Å²) < 4.78 is 28.6. The highest BCUT2D eigenvalue weighted by Crippen LogP contribution is 2.19. The molecule has 1 aliphatic heterocycles. The number of aromatic nitrogens is 2. The van der Waals surface area contributed by atoms with Crippen LogP contribution in [0.4, 0.5) is 5.95 Å². The summed E-state index contributed by atoms with van der Waals surface area (Å²) in [6.07, 6.45) is 1.96. The lowest BCUT2D eigenvalue weighted by Gasteiger charge is -2.23. The molecule has 3 rings (SSSR count). The summed E-state index contributed by atoms with van der Waals surface area (Å²) >= 11 is 0. The average Bonchev–Trinajstić information content (AvgIpc) is 3.05. The lowest BCUT2D eigenvalue weighted by Crippen LogP contribution is -2.38. The van der Waals surface area contributed by atoms with E-state index in [1.165, 1.54) is 17.2 Å². The molecule has 1 fully saturated rings. The smallest absolute Gasteiger partial charge is 0.272 e. The van der Waals surface area contributed by atoms with Gasteiger partial charge >= 0.3 is 0 Å². The van der Waals surface area contributed by atoms with Crippen molar-refractivity contribution in [1.82, 2.24) is 14.9 Å². The number of carbonyl (C=O) groups is 1. The van der Waals surface area contributed by atoms with Crippen LogP contribution < -0.4 is 10.1 Å². The maximum Gasteiger partial charge on any atom is 0.272 e. The highest BCUT2D eigenvalue weighted by atomic mass is 32.2. The van der Waals surface area contributed by atoms with Gasteiger partial charge in [-0.2, -0.15) is 0 Å². The number of amides is 1. The van der Waals surface area contributed by atoms with E-state index in [4.69, 9.17) is 4.74 Å². The molecule has 1 aromatic heterocycles. The molecular weight excluding hydrogens is 368 g/mol. The normalized spacial score (nSPS) is 18.1. The number of methoxy groups -OCH3 is 1. The van der Waals surface area contributed by atoms with Gasteiger partial charge in [-0.05, 0) is 18.6 Å². The van der Waals surface area contributed by atoms with Crippen molar-refractivity contribution < 1.29 is 17.9 Å². The zero-order valence-electron chi connectivity index (χ0n) is 15.3. The van der Waals surface area contributed by atoms with Gasteiger partial charge in [0.1, 0.15) is 11.4 Å². The molecular formula is C18H22N4O4S. The van der Waals surface area contributed by atoms with Gasteiger partial charge in [-0.15, -0.1) is 0 Å². The Hall–Kier alpha value is -2.68. The van der Waals surface area contributed by atoms with Crippen molar-refractivity contribution in [3.63, 3.8) is 0 Å². The molecule has 2 aromatic rings. The van der Waals surface area contributed by atoms with Crippen molar-refractivity contribution in [3.05, 3.63) is 47.8 Å². The first-order valence-corrected chi connectivity index (χ1v) is 10.4. The Labute approximate surface area is 158 Å². The fraction of sp³-hybridized carbons (Fsp3) is 0.389. The molecule has 8 nitrogen and oxygen atoms in total. The van der Waals surface area contributed by atoms with Crippen molar-refractivity contribution in [2.24, 2.45) is 0 Å². The molecule has 27 heavy (non-hydrogen) atoms. The number of para-hydroxylation sites is 1. The number of benzene rings is 1. The van der Waals surface area contributed by atoms with Gasteiger partial charge in [0.2, 0.25) is 5.95 Å². The van der Waals surface area contributed by atoms with Crippen molar-refractivity contribution >= 4 is 21.7 Å². The van der Waals surface area contributed by atoms with E-state index in [0.29, 0.717) is 18.9 Å². The van der Waals surface area contributed by atoms with E-state index in [9.17, 15) is 13.2 Å². The topological polar surface area (TPSA) is 101 Å². The summed E-state index contributed by atoms with van der Waals surface area (Å²) in [5.41, 5.74) is 1.16. The molecule has 1 amide bonds. The molecule has 0 bridgehead atoms. The van der Waals surface area contributed by atoms with Crippen LogP contribution in [-0.4, -0.2) is 60.9 Å². The molecule has 2 heterocycles. The minimum absolute atomic E-state index is 0.000761. The van der Waals surface area contributed by atoms with Crippen LogP contribution in [0.5, 0.6) is 5.75 Å². The Balaban J connectivity index is 1.69. The van der Waals surface area contributed by atoms with Crippen LogP contribution in [0.2, 0.25) is 0 Å². The van der Waals surface area contributed by atoms with E-state index in [1.54, 1.807) is 14.2 Å². The third-order valence-corrected chi connectivity index (χ3v) is 6.33. The summed E-state index contributed by atoms with van der Waals surface area (Å²) in [7, 11) is 0.153. The van der Waals surface area contributed by atoms with Gasteiger partial charge in [0.25, 0.3) is 5.91 Å². The summed E-state index contributed by atoms with van der Waals surface area (Å²) in [6.45, 7) is 0.443. The third kappa shape index (κ3) is 4.54. The van der Waals surface area contributed by atoms with Gasteiger partial charge in [0.05, 0.1) is 18.6 Å². The molecule has 0 aliphatic carbocycles. The summed E-state index contributed by atoms with van der Waals surface area (Å²) in [6, 6.07) is 8.79. The largest absolute Gasteiger partial charge is 0.496 e. The van der Waals surface area contributed by atoms with E-state index < -0.39 is 9.84 Å². The Morgan fingerprint density at radius 3 is 2.81 bits per heavy atom. The summed E-state index contributed by atoms with van der Waals surface area (Å²) in [5.74, 6) is 0.864. The number of anilines is 1. The van der Waals surface area contributed by atoms with Gasteiger partial charge in [0.15, 0.2) is 9.84 Å². The Kier molecular flexibility index (Phi) is 5.59. The number of sulfone groups is 1. The number of ether oxygens (including phenoxy) is 1. The fourth-order valence-electron chi connectivity index (χ4n) is 3.01. The summed E-state index contributed by atoms with van der Waals surface area (Å²) in [5, 5.41) is 3.08. The monoisotopic (exact) mass is 390 g/mol. The SMILES string of the molecule is COc1ccccc1CNc1nccc(C(=O)N(C)C2CCS(=O)(=O)C2)n1. The van der Waals surface area contributed by atoms with Gasteiger partial charge in [-0.25, -0.2) is 18.4 Å². The van der Waals surface area contributed by atoms with Gasteiger partial charge in [-0.1, -0.05) is 18.2 Å². The molecule has 1 unspecified atom stereocenters. The van der Waals surface area contributed by atoms with Crippen LogP contribution >= 0.6 is 0 Å². The second-order valence-corrected chi connectivity index (χ2v) is 8.63. The van der Waals surface area contributed by atoms with Crippen LogP contribution in [0.15, 0.2) is 36.5 Å². The Morgan fingerprint density at radius 2 is 2.11 bits per heavy atom. The minimum Gasteiger partial charge on any atom is -0.496 e. The first kappa shape index (κ1) is 19.1. The van der Waals surface area contributed by atoms with E-state index in [1.807, 2.05) is 24.3 Å². The number of hydrogen-bond donors (Lipinski definition) is 1. The second kappa shape index (κ2) is 7.91. The first-order chi connectivity index (χ1) is 12.9. The fourth-order valence-corrected chi connectivity index (χ4v) is 4.79. The number of hydrogen-bond acceptors (Lipinski definition) is 7. The van der Waals surface area contributed by atoms with Crippen LogP contribution in [-0.2, 0) is 16.4 Å². The van der Waals surface area contributed by atoms with Crippen LogP contribution in [0, 0.1) is 0 Å². The molecule has 1 saturated heterocycles. The minimum atomic E-state index is -3.06.